The van der Waals surface area contributed by atoms with Crippen LogP contribution in [-0.4, -0.2) is 50.1 Å². The maximum absolute atomic E-state index is 11.7. The summed E-state index contributed by atoms with van der Waals surface area (Å²) >= 11 is 0. The fourth-order valence-corrected chi connectivity index (χ4v) is 1.27. The third-order valence-corrected chi connectivity index (χ3v) is 2.10. The van der Waals surface area contributed by atoms with E-state index in [9.17, 15) is 9.59 Å². The van der Waals surface area contributed by atoms with Crippen LogP contribution in [-0.2, 0) is 14.3 Å². The van der Waals surface area contributed by atoms with Crippen molar-refractivity contribution >= 4 is 11.9 Å². The van der Waals surface area contributed by atoms with Gasteiger partial charge in [-0.25, -0.2) is 0 Å². The van der Waals surface area contributed by atoms with Crippen LogP contribution in [0.1, 0.15) is 26.7 Å². The topological polar surface area (TPSA) is 58.6 Å². The SMILES string of the molecule is CCCNCC(=O)N(CCC)CC(=O)OC. The first-order chi connectivity index (χ1) is 7.65. The van der Waals surface area contributed by atoms with Gasteiger partial charge in [0.1, 0.15) is 6.54 Å². The summed E-state index contributed by atoms with van der Waals surface area (Å²) < 4.78 is 4.55. The van der Waals surface area contributed by atoms with Gasteiger partial charge in [0.2, 0.25) is 5.91 Å². The maximum Gasteiger partial charge on any atom is 0.325 e. The number of carbonyl (C=O) groups is 2. The number of carbonyl (C=O) groups excluding carboxylic acids is 2. The van der Waals surface area contributed by atoms with Crippen molar-refractivity contribution < 1.29 is 14.3 Å². The second kappa shape index (κ2) is 9.15. The lowest BCUT2D eigenvalue weighted by atomic mass is 10.3. The zero-order valence-electron chi connectivity index (χ0n) is 10.4. The molecular formula is C11H22N2O3. The number of esters is 1. The zero-order chi connectivity index (χ0) is 12.4. The molecule has 0 aliphatic heterocycles. The van der Waals surface area contributed by atoms with E-state index < -0.39 is 0 Å². The van der Waals surface area contributed by atoms with Crippen LogP contribution in [0.4, 0.5) is 0 Å². The third-order valence-electron chi connectivity index (χ3n) is 2.10. The monoisotopic (exact) mass is 230 g/mol. The van der Waals surface area contributed by atoms with Gasteiger partial charge in [-0.2, -0.15) is 0 Å². The van der Waals surface area contributed by atoms with Crippen molar-refractivity contribution in [3.05, 3.63) is 0 Å². The van der Waals surface area contributed by atoms with Gasteiger partial charge in [0.25, 0.3) is 0 Å². The Balaban J connectivity index is 4.07. The lowest BCUT2D eigenvalue weighted by Gasteiger charge is -2.20. The average molecular weight is 230 g/mol. The first-order valence-corrected chi connectivity index (χ1v) is 5.71. The Morgan fingerprint density at radius 3 is 2.44 bits per heavy atom. The molecule has 0 aliphatic carbocycles. The lowest BCUT2D eigenvalue weighted by molar-refractivity contribution is -0.146. The summed E-state index contributed by atoms with van der Waals surface area (Å²) in [5, 5.41) is 3.02. The second-order valence-corrected chi connectivity index (χ2v) is 3.57. The van der Waals surface area contributed by atoms with Gasteiger partial charge in [-0.15, -0.1) is 0 Å². The molecule has 1 N–H and O–H groups in total. The molecule has 16 heavy (non-hydrogen) atoms. The number of ether oxygens (including phenoxy) is 1. The van der Waals surface area contributed by atoms with Crippen LogP contribution in [0.2, 0.25) is 0 Å². The second-order valence-electron chi connectivity index (χ2n) is 3.57. The van der Waals surface area contributed by atoms with Crippen LogP contribution in [0.5, 0.6) is 0 Å². The van der Waals surface area contributed by atoms with Gasteiger partial charge in [0.15, 0.2) is 0 Å². The van der Waals surface area contributed by atoms with Crippen molar-refractivity contribution in [2.45, 2.75) is 26.7 Å². The zero-order valence-corrected chi connectivity index (χ0v) is 10.4. The van der Waals surface area contributed by atoms with Crippen LogP contribution >= 0.6 is 0 Å². The van der Waals surface area contributed by atoms with Crippen LogP contribution < -0.4 is 5.32 Å². The number of amides is 1. The number of hydrogen-bond acceptors (Lipinski definition) is 4. The maximum atomic E-state index is 11.7. The van der Waals surface area contributed by atoms with E-state index in [1.165, 1.54) is 12.0 Å². The van der Waals surface area contributed by atoms with E-state index in [4.69, 9.17) is 0 Å². The molecule has 0 aromatic heterocycles. The smallest absolute Gasteiger partial charge is 0.325 e. The Morgan fingerprint density at radius 1 is 1.25 bits per heavy atom. The molecule has 1 amide bonds. The number of nitrogens with one attached hydrogen (secondary N) is 1. The molecule has 0 rings (SSSR count). The molecule has 5 heteroatoms. The lowest BCUT2D eigenvalue weighted by Crippen LogP contribution is -2.42. The minimum absolute atomic E-state index is 0.0387. The summed E-state index contributed by atoms with van der Waals surface area (Å²) in [4.78, 5) is 24.3. The standard InChI is InChI=1S/C11H22N2O3/c1-4-6-12-8-10(14)13(7-5-2)9-11(15)16-3/h12H,4-9H2,1-3H3. The van der Waals surface area contributed by atoms with Gasteiger partial charge < -0.3 is 15.0 Å². The van der Waals surface area contributed by atoms with Crippen LogP contribution in [0, 0.1) is 0 Å². The molecular weight excluding hydrogens is 208 g/mol. The molecule has 0 unspecified atom stereocenters. The fourth-order valence-electron chi connectivity index (χ4n) is 1.27. The summed E-state index contributed by atoms with van der Waals surface area (Å²) in [5.74, 6) is -0.432. The molecule has 0 saturated carbocycles. The van der Waals surface area contributed by atoms with Crippen molar-refractivity contribution in [1.29, 1.82) is 0 Å². The number of nitrogens with zero attached hydrogens (tertiary/aromatic N) is 1. The fraction of sp³-hybridized carbons (Fsp3) is 0.818. The Labute approximate surface area is 97.1 Å². The Morgan fingerprint density at radius 2 is 1.94 bits per heavy atom. The van der Waals surface area contributed by atoms with Gasteiger partial charge in [0, 0.05) is 6.54 Å². The van der Waals surface area contributed by atoms with Crippen LogP contribution in [0.3, 0.4) is 0 Å². The molecule has 0 fully saturated rings. The molecule has 0 atom stereocenters. The summed E-state index contributed by atoms with van der Waals surface area (Å²) in [6.45, 7) is 5.72. The van der Waals surface area contributed by atoms with E-state index in [1.54, 1.807) is 0 Å². The number of rotatable bonds is 8. The highest BCUT2D eigenvalue weighted by atomic mass is 16.5. The molecule has 0 aromatic carbocycles. The highest BCUT2D eigenvalue weighted by molar-refractivity contribution is 5.83. The largest absolute Gasteiger partial charge is 0.468 e. The van der Waals surface area contributed by atoms with Crippen molar-refractivity contribution in [1.82, 2.24) is 10.2 Å². The molecule has 5 nitrogen and oxygen atoms in total. The Hall–Kier alpha value is -1.10. The highest BCUT2D eigenvalue weighted by Gasteiger charge is 2.15. The van der Waals surface area contributed by atoms with Crippen molar-refractivity contribution in [2.24, 2.45) is 0 Å². The van der Waals surface area contributed by atoms with Gasteiger partial charge in [-0.1, -0.05) is 13.8 Å². The van der Waals surface area contributed by atoms with E-state index in [1.807, 2.05) is 13.8 Å². The van der Waals surface area contributed by atoms with Gasteiger partial charge in [-0.05, 0) is 19.4 Å². The van der Waals surface area contributed by atoms with E-state index in [2.05, 4.69) is 10.1 Å². The predicted molar refractivity (Wildman–Crippen MR) is 62.0 cm³/mol. The first-order valence-electron chi connectivity index (χ1n) is 5.71. The quantitative estimate of drug-likeness (QED) is 0.484. The molecule has 0 aliphatic rings. The average Bonchev–Trinajstić information content (AvgIpc) is 2.28. The summed E-state index contributed by atoms with van der Waals surface area (Å²) in [6, 6.07) is 0. The number of hydrogen-bond donors (Lipinski definition) is 1. The Bertz CT molecular complexity index is 219. The van der Waals surface area contributed by atoms with Crippen LogP contribution in [0.15, 0.2) is 0 Å². The van der Waals surface area contributed by atoms with E-state index in [0.29, 0.717) is 6.54 Å². The highest BCUT2D eigenvalue weighted by Crippen LogP contribution is 1.93. The summed E-state index contributed by atoms with van der Waals surface area (Å²) in [5.41, 5.74) is 0. The van der Waals surface area contributed by atoms with Gasteiger partial charge in [0.05, 0.1) is 13.7 Å². The normalized spacial score (nSPS) is 9.94. The Kier molecular flexibility index (Phi) is 8.52. The molecule has 0 bridgehead atoms. The summed E-state index contributed by atoms with van der Waals surface area (Å²) in [6.07, 6.45) is 1.81. The van der Waals surface area contributed by atoms with Crippen LogP contribution in [0.25, 0.3) is 0 Å². The molecule has 0 aromatic rings. The first kappa shape index (κ1) is 14.9. The van der Waals surface area contributed by atoms with E-state index in [0.717, 1.165) is 19.4 Å². The van der Waals surface area contributed by atoms with Crippen molar-refractivity contribution in [3.63, 3.8) is 0 Å². The molecule has 0 heterocycles. The van der Waals surface area contributed by atoms with Crippen molar-refractivity contribution in [2.75, 3.05) is 33.3 Å². The minimum Gasteiger partial charge on any atom is -0.468 e. The molecule has 0 saturated heterocycles. The van der Waals surface area contributed by atoms with Crippen molar-refractivity contribution in [3.8, 4) is 0 Å². The third kappa shape index (κ3) is 6.40. The minimum atomic E-state index is -0.378. The van der Waals surface area contributed by atoms with Gasteiger partial charge >= 0.3 is 5.97 Å². The molecule has 0 spiro atoms. The summed E-state index contributed by atoms with van der Waals surface area (Å²) in [7, 11) is 1.33. The predicted octanol–water partition coefficient (Wildman–Crippen LogP) is 0.398. The molecule has 94 valence electrons. The number of methoxy groups -OCH3 is 1. The van der Waals surface area contributed by atoms with Gasteiger partial charge in [-0.3, -0.25) is 9.59 Å². The van der Waals surface area contributed by atoms with E-state index in [-0.39, 0.29) is 25.0 Å². The van der Waals surface area contributed by atoms with E-state index >= 15 is 0 Å². The molecule has 0 radical (unpaired) electrons.